The zero-order chi connectivity index (χ0) is 18.9. The van der Waals surface area contributed by atoms with Gasteiger partial charge in [-0.25, -0.2) is 4.79 Å². The molecule has 1 rings (SSSR count). The lowest BCUT2D eigenvalue weighted by atomic mass is 10.0. The maximum absolute atomic E-state index is 11.8. The van der Waals surface area contributed by atoms with Crippen LogP contribution in [0, 0.1) is 0 Å². The molecule has 0 aromatic heterocycles. The molecule has 4 nitrogen and oxygen atoms in total. The van der Waals surface area contributed by atoms with Crippen LogP contribution in [0.1, 0.15) is 116 Å². The van der Waals surface area contributed by atoms with Gasteiger partial charge in [0.15, 0.2) is 0 Å². The van der Waals surface area contributed by atoms with Gasteiger partial charge in [-0.1, -0.05) is 90.4 Å². The molecule has 0 aliphatic carbocycles. The fourth-order valence-electron chi connectivity index (χ4n) is 3.55. The van der Waals surface area contributed by atoms with Gasteiger partial charge in [0.25, 0.3) is 0 Å². The van der Waals surface area contributed by atoms with E-state index in [0.29, 0.717) is 19.4 Å². The number of nitrogens with one attached hydrogen (secondary N) is 1. The van der Waals surface area contributed by atoms with Gasteiger partial charge in [-0.2, -0.15) is 0 Å². The Labute approximate surface area is 160 Å². The van der Waals surface area contributed by atoms with E-state index >= 15 is 0 Å². The predicted molar refractivity (Wildman–Crippen MR) is 107 cm³/mol. The third kappa shape index (κ3) is 12.3. The van der Waals surface area contributed by atoms with Crippen molar-refractivity contribution in [1.82, 2.24) is 5.32 Å². The average molecular weight is 368 g/mol. The number of hydrogen-bond acceptors (Lipinski definition) is 3. The van der Waals surface area contributed by atoms with Crippen molar-refractivity contribution in [1.29, 1.82) is 0 Å². The molecule has 1 fully saturated rings. The van der Waals surface area contributed by atoms with E-state index in [-0.39, 0.29) is 11.9 Å². The molecule has 1 amide bonds. The number of ether oxygens (including phenoxy) is 1. The van der Waals surface area contributed by atoms with Crippen molar-refractivity contribution in [3.8, 4) is 0 Å². The van der Waals surface area contributed by atoms with Gasteiger partial charge >= 0.3 is 5.97 Å². The van der Waals surface area contributed by atoms with Gasteiger partial charge < -0.3 is 10.1 Å². The Morgan fingerprint density at radius 2 is 1.38 bits per heavy atom. The van der Waals surface area contributed by atoms with Crippen LogP contribution >= 0.6 is 0 Å². The van der Waals surface area contributed by atoms with E-state index < -0.39 is 6.04 Å². The Hall–Kier alpha value is -1.06. The van der Waals surface area contributed by atoms with Gasteiger partial charge in [-0.3, -0.25) is 4.79 Å². The highest BCUT2D eigenvalue weighted by molar-refractivity contribution is 5.85. The first-order valence-corrected chi connectivity index (χ1v) is 11.2. The van der Waals surface area contributed by atoms with Crippen LogP contribution in [-0.2, 0) is 14.3 Å². The Kier molecular flexibility index (Phi) is 14.3. The van der Waals surface area contributed by atoms with Gasteiger partial charge in [-0.05, 0) is 19.3 Å². The summed E-state index contributed by atoms with van der Waals surface area (Å²) in [6.45, 7) is 2.76. The molecular weight excluding hydrogens is 326 g/mol. The molecule has 1 saturated heterocycles. The number of piperidine rings is 1. The standard InChI is InChI=1S/C22H41NO3/c1-2-3-4-5-6-7-8-9-10-11-12-13-14-15-19-26-22(25)20-17-16-18-21(24)23-20/h20H,2-19H2,1H3,(H,23,24). The Morgan fingerprint density at radius 3 is 1.88 bits per heavy atom. The van der Waals surface area contributed by atoms with Gasteiger partial charge in [0.1, 0.15) is 6.04 Å². The fourth-order valence-corrected chi connectivity index (χ4v) is 3.55. The SMILES string of the molecule is CCCCCCCCCCCCCCCCOC(=O)C1CCCC(=O)N1. The van der Waals surface area contributed by atoms with Crippen molar-refractivity contribution in [2.45, 2.75) is 122 Å². The summed E-state index contributed by atoms with van der Waals surface area (Å²) in [4.78, 5) is 23.1. The van der Waals surface area contributed by atoms with E-state index in [9.17, 15) is 9.59 Å². The molecule has 1 aliphatic heterocycles. The fraction of sp³-hybridized carbons (Fsp3) is 0.909. The summed E-state index contributed by atoms with van der Waals surface area (Å²) < 4.78 is 5.28. The van der Waals surface area contributed by atoms with E-state index in [0.717, 1.165) is 19.3 Å². The molecule has 26 heavy (non-hydrogen) atoms. The number of amides is 1. The minimum Gasteiger partial charge on any atom is -0.464 e. The van der Waals surface area contributed by atoms with Crippen molar-refractivity contribution in [3.05, 3.63) is 0 Å². The Morgan fingerprint density at radius 1 is 0.885 bits per heavy atom. The molecule has 0 radical (unpaired) electrons. The molecule has 1 aliphatic rings. The third-order valence-electron chi connectivity index (χ3n) is 5.26. The number of hydrogen-bond donors (Lipinski definition) is 1. The quantitative estimate of drug-likeness (QED) is 0.282. The normalized spacial score (nSPS) is 17.1. The third-order valence-corrected chi connectivity index (χ3v) is 5.26. The average Bonchev–Trinajstić information content (AvgIpc) is 2.64. The summed E-state index contributed by atoms with van der Waals surface area (Å²) in [5, 5.41) is 2.70. The molecule has 1 heterocycles. The second-order valence-corrected chi connectivity index (χ2v) is 7.78. The highest BCUT2D eigenvalue weighted by Gasteiger charge is 2.25. The topological polar surface area (TPSA) is 55.4 Å². The number of esters is 1. The molecule has 0 bridgehead atoms. The summed E-state index contributed by atoms with van der Waals surface area (Å²) in [6.07, 6.45) is 20.5. The monoisotopic (exact) mass is 367 g/mol. The smallest absolute Gasteiger partial charge is 0.328 e. The predicted octanol–water partition coefficient (Wildman–Crippen LogP) is 5.68. The second-order valence-electron chi connectivity index (χ2n) is 7.78. The van der Waals surface area contributed by atoms with Crippen molar-refractivity contribution in [2.75, 3.05) is 6.61 Å². The minimum atomic E-state index is -0.414. The first-order valence-electron chi connectivity index (χ1n) is 11.2. The van der Waals surface area contributed by atoms with Crippen molar-refractivity contribution in [3.63, 3.8) is 0 Å². The van der Waals surface area contributed by atoms with Gasteiger partial charge in [0.2, 0.25) is 5.91 Å². The lowest BCUT2D eigenvalue weighted by Gasteiger charge is -2.21. The lowest BCUT2D eigenvalue weighted by molar-refractivity contribution is -0.149. The summed E-state index contributed by atoms with van der Waals surface area (Å²) in [6, 6.07) is -0.414. The first kappa shape index (κ1) is 23.0. The molecule has 0 aromatic carbocycles. The molecular formula is C22H41NO3. The lowest BCUT2D eigenvalue weighted by Crippen LogP contribution is -2.44. The van der Waals surface area contributed by atoms with Crippen LogP contribution in [0.15, 0.2) is 0 Å². The molecule has 0 saturated carbocycles. The van der Waals surface area contributed by atoms with Crippen LogP contribution in [0.4, 0.5) is 0 Å². The number of carbonyl (C=O) groups excluding carboxylic acids is 2. The van der Waals surface area contributed by atoms with Gasteiger partial charge in [0.05, 0.1) is 6.61 Å². The van der Waals surface area contributed by atoms with Crippen LogP contribution in [0.25, 0.3) is 0 Å². The minimum absolute atomic E-state index is 0.0327. The molecule has 1 atom stereocenters. The van der Waals surface area contributed by atoms with Crippen molar-refractivity contribution in [2.24, 2.45) is 0 Å². The van der Waals surface area contributed by atoms with E-state index in [4.69, 9.17) is 4.74 Å². The molecule has 152 valence electrons. The summed E-state index contributed by atoms with van der Waals surface area (Å²) in [5.41, 5.74) is 0. The van der Waals surface area contributed by atoms with Crippen LogP contribution in [0.5, 0.6) is 0 Å². The van der Waals surface area contributed by atoms with E-state index in [1.807, 2.05) is 0 Å². The van der Waals surface area contributed by atoms with Crippen LogP contribution in [0.3, 0.4) is 0 Å². The molecule has 1 N–H and O–H groups in total. The molecule has 4 heteroatoms. The first-order chi connectivity index (χ1) is 12.7. The highest BCUT2D eigenvalue weighted by atomic mass is 16.5. The Bertz CT molecular complexity index is 370. The van der Waals surface area contributed by atoms with Crippen LogP contribution in [-0.4, -0.2) is 24.5 Å². The summed E-state index contributed by atoms with van der Waals surface area (Å²) in [5.74, 6) is -0.289. The van der Waals surface area contributed by atoms with Gasteiger partial charge in [0, 0.05) is 6.42 Å². The number of carbonyl (C=O) groups is 2. The van der Waals surface area contributed by atoms with Gasteiger partial charge in [-0.15, -0.1) is 0 Å². The van der Waals surface area contributed by atoms with E-state index in [1.54, 1.807) is 0 Å². The zero-order valence-corrected chi connectivity index (χ0v) is 17.0. The maximum atomic E-state index is 11.8. The second kappa shape index (κ2) is 16.1. The van der Waals surface area contributed by atoms with E-state index in [1.165, 1.54) is 77.0 Å². The summed E-state index contributed by atoms with van der Waals surface area (Å²) in [7, 11) is 0. The van der Waals surface area contributed by atoms with E-state index in [2.05, 4.69) is 12.2 Å². The van der Waals surface area contributed by atoms with Crippen molar-refractivity contribution >= 4 is 11.9 Å². The number of unbranched alkanes of at least 4 members (excludes halogenated alkanes) is 13. The summed E-state index contributed by atoms with van der Waals surface area (Å²) >= 11 is 0. The zero-order valence-electron chi connectivity index (χ0n) is 17.0. The molecule has 0 aromatic rings. The largest absolute Gasteiger partial charge is 0.464 e. The van der Waals surface area contributed by atoms with Crippen molar-refractivity contribution < 1.29 is 14.3 Å². The van der Waals surface area contributed by atoms with Crippen LogP contribution < -0.4 is 5.32 Å². The van der Waals surface area contributed by atoms with Crippen LogP contribution in [0.2, 0.25) is 0 Å². The Balaban J connectivity index is 1.78. The number of rotatable bonds is 16. The highest BCUT2D eigenvalue weighted by Crippen LogP contribution is 2.13. The molecule has 1 unspecified atom stereocenters. The maximum Gasteiger partial charge on any atom is 0.328 e. The molecule has 0 spiro atoms.